The van der Waals surface area contributed by atoms with Crippen LogP contribution in [-0.2, 0) is 16.1 Å². The number of carbonyl (C=O) groups excluding carboxylic acids is 2. The highest BCUT2D eigenvalue weighted by Crippen LogP contribution is 2.22. The molecule has 0 aliphatic rings. The van der Waals surface area contributed by atoms with Gasteiger partial charge in [0.25, 0.3) is 5.91 Å². The van der Waals surface area contributed by atoms with E-state index >= 15 is 0 Å². The number of benzene rings is 3. The summed E-state index contributed by atoms with van der Waals surface area (Å²) in [5.41, 5.74) is 1.40. The van der Waals surface area contributed by atoms with E-state index in [9.17, 15) is 9.59 Å². The molecule has 0 saturated heterocycles. The number of ether oxygens (including phenoxy) is 1. The molecule has 1 N–H and O–H groups in total. The van der Waals surface area contributed by atoms with Crippen LogP contribution in [0.5, 0.6) is 0 Å². The van der Waals surface area contributed by atoms with Gasteiger partial charge in [-0.25, -0.2) is 4.79 Å². The highest BCUT2D eigenvalue weighted by molar-refractivity contribution is 7.80. The normalized spacial score (nSPS) is 9.96. The third kappa shape index (κ3) is 5.13. The Labute approximate surface area is 163 Å². The van der Waals surface area contributed by atoms with Crippen LogP contribution >= 0.6 is 12.6 Å². The Kier molecular flexibility index (Phi) is 6.14. The first-order chi connectivity index (χ1) is 13.1. The van der Waals surface area contributed by atoms with Crippen LogP contribution in [0.3, 0.4) is 0 Å². The average molecular weight is 375 g/mol. The van der Waals surface area contributed by atoms with Crippen molar-refractivity contribution in [3.8, 4) is 11.8 Å². The van der Waals surface area contributed by atoms with Gasteiger partial charge in [0.1, 0.15) is 6.61 Å². The molecule has 0 heterocycles. The Morgan fingerprint density at radius 3 is 2.63 bits per heavy atom. The molecule has 134 valence electrons. The maximum absolute atomic E-state index is 12.2. The number of thiol groups is 1. The fraction of sp³-hybridized carbons (Fsp3) is 0.0909. The minimum Gasteiger partial charge on any atom is -0.451 e. The molecule has 0 bridgehead atoms. The van der Waals surface area contributed by atoms with E-state index in [2.05, 4.69) is 29.8 Å². The smallest absolute Gasteiger partial charge is 0.384 e. The van der Waals surface area contributed by atoms with Gasteiger partial charge in [0, 0.05) is 16.4 Å². The lowest BCUT2D eigenvalue weighted by molar-refractivity contribution is -0.137. The van der Waals surface area contributed by atoms with Crippen LogP contribution in [0.2, 0.25) is 0 Å². The Hall–Kier alpha value is -3.23. The first kappa shape index (κ1) is 18.6. The highest BCUT2D eigenvalue weighted by Gasteiger charge is 2.06. The second kappa shape index (κ2) is 8.93. The molecule has 0 spiro atoms. The van der Waals surface area contributed by atoms with E-state index in [0.717, 1.165) is 21.2 Å². The van der Waals surface area contributed by atoms with Crippen molar-refractivity contribution in [2.24, 2.45) is 0 Å². The zero-order valence-corrected chi connectivity index (χ0v) is 15.3. The van der Waals surface area contributed by atoms with Gasteiger partial charge in [-0.2, -0.15) is 0 Å². The standard InChI is InChI=1S/C22H17NO3S/c24-21(26-15-16-6-2-1-3-7-16)10-5-13-23-22(25)18-12-11-17-8-4-9-20(27)19(17)14-18/h1-4,6-9,11-12,14,27H,13,15H2,(H,23,25). The summed E-state index contributed by atoms with van der Waals surface area (Å²) in [6, 6.07) is 20.5. The van der Waals surface area contributed by atoms with E-state index in [1.54, 1.807) is 12.1 Å². The van der Waals surface area contributed by atoms with Crippen LogP contribution in [0.4, 0.5) is 0 Å². The monoisotopic (exact) mass is 375 g/mol. The topological polar surface area (TPSA) is 55.4 Å². The number of fused-ring (bicyclic) bond motifs is 1. The van der Waals surface area contributed by atoms with Crippen LogP contribution < -0.4 is 5.32 Å². The van der Waals surface area contributed by atoms with E-state index < -0.39 is 5.97 Å². The summed E-state index contributed by atoms with van der Waals surface area (Å²) in [5.74, 6) is 4.07. The molecular weight excluding hydrogens is 358 g/mol. The van der Waals surface area contributed by atoms with Gasteiger partial charge in [0.15, 0.2) is 0 Å². The van der Waals surface area contributed by atoms with E-state index in [4.69, 9.17) is 4.74 Å². The van der Waals surface area contributed by atoms with Gasteiger partial charge in [-0.15, -0.1) is 12.6 Å². The van der Waals surface area contributed by atoms with E-state index in [1.807, 2.05) is 54.6 Å². The van der Waals surface area contributed by atoms with Crippen molar-refractivity contribution in [1.29, 1.82) is 0 Å². The van der Waals surface area contributed by atoms with Crippen LogP contribution in [0.1, 0.15) is 15.9 Å². The zero-order chi connectivity index (χ0) is 19.1. The molecule has 0 unspecified atom stereocenters. The Bertz CT molecular complexity index is 1040. The summed E-state index contributed by atoms with van der Waals surface area (Å²) >= 11 is 4.42. The number of esters is 1. The summed E-state index contributed by atoms with van der Waals surface area (Å²) < 4.78 is 5.05. The number of rotatable bonds is 4. The van der Waals surface area contributed by atoms with Gasteiger partial charge in [0.05, 0.1) is 6.54 Å². The zero-order valence-electron chi connectivity index (χ0n) is 14.4. The van der Waals surface area contributed by atoms with Crippen molar-refractivity contribution in [2.45, 2.75) is 11.5 Å². The Balaban J connectivity index is 1.52. The van der Waals surface area contributed by atoms with E-state index in [-0.39, 0.29) is 19.1 Å². The molecule has 0 radical (unpaired) electrons. The summed E-state index contributed by atoms with van der Waals surface area (Å²) in [6.45, 7) is 0.226. The molecule has 0 atom stereocenters. The summed E-state index contributed by atoms with van der Waals surface area (Å²) in [6.07, 6.45) is 0. The minimum absolute atomic E-state index is 0.0554. The summed E-state index contributed by atoms with van der Waals surface area (Å²) in [7, 11) is 0. The van der Waals surface area contributed by atoms with Crippen molar-refractivity contribution in [3.63, 3.8) is 0 Å². The molecule has 3 aromatic carbocycles. The average Bonchev–Trinajstić information content (AvgIpc) is 2.70. The lowest BCUT2D eigenvalue weighted by atomic mass is 10.1. The van der Waals surface area contributed by atoms with Gasteiger partial charge in [-0.3, -0.25) is 4.79 Å². The maximum atomic E-state index is 12.2. The SMILES string of the molecule is O=C(C#CCNC(=O)c1ccc2cccc(S)c2c1)OCc1ccccc1. The van der Waals surface area contributed by atoms with Crippen LogP contribution in [0, 0.1) is 11.8 Å². The second-order valence-corrected chi connectivity index (χ2v) is 6.24. The van der Waals surface area contributed by atoms with Gasteiger partial charge in [-0.05, 0) is 34.5 Å². The third-order valence-corrected chi connectivity index (χ3v) is 4.25. The largest absolute Gasteiger partial charge is 0.451 e. The predicted molar refractivity (Wildman–Crippen MR) is 108 cm³/mol. The third-order valence-electron chi connectivity index (χ3n) is 3.86. The Morgan fingerprint density at radius 1 is 1.00 bits per heavy atom. The molecule has 0 aromatic heterocycles. The number of hydrogen-bond acceptors (Lipinski definition) is 4. The van der Waals surface area contributed by atoms with Gasteiger partial charge >= 0.3 is 5.97 Å². The highest BCUT2D eigenvalue weighted by atomic mass is 32.1. The van der Waals surface area contributed by atoms with Crippen molar-refractivity contribution >= 4 is 35.3 Å². The first-order valence-corrected chi connectivity index (χ1v) is 8.78. The lowest BCUT2D eigenvalue weighted by Crippen LogP contribution is -2.23. The van der Waals surface area contributed by atoms with Crippen LogP contribution in [0.15, 0.2) is 71.6 Å². The molecule has 3 rings (SSSR count). The maximum Gasteiger partial charge on any atom is 0.384 e. The van der Waals surface area contributed by atoms with Crippen molar-refractivity contribution < 1.29 is 14.3 Å². The van der Waals surface area contributed by atoms with Gasteiger partial charge in [-0.1, -0.05) is 54.5 Å². The minimum atomic E-state index is -0.626. The number of hydrogen-bond donors (Lipinski definition) is 2. The van der Waals surface area contributed by atoms with Crippen molar-refractivity contribution in [2.75, 3.05) is 6.54 Å². The van der Waals surface area contributed by atoms with E-state index in [0.29, 0.717) is 5.56 Å². The molecule has 0 saturated carbocycles. The van der Waals surface area contributed by atoms with Crippen molar-refractivity contribution in [3.05, 3.63) is 77.9 Å². The molecular formula is C22H17NO3S. The fourth-order valence-electron chi connectivity index (χ4n) is 2.50. The molecule has 27 heavy (non-hydrogen) atoms. The van der Waals surface area contributed by atoms with Gasteiger partial charge < -0.3 is 10.1 Å². The van der Waals surface area contributed by atoms with Gasteiger partial charge in [0.2, 0.25) is 0 Å². The summed E-state index contributed by atoms with van der Waals surface area (Å²) in [5, 5.41) is 4.59. The Morgan fingerprint density at radius 2 is 1.81 bits per heavy atom. The van der Waals surface area contributed by atoms with Crippen molar-refractivity contribution in [1.82, 2.24) is 5.32 Å². The number of amides is 1. The summed E-state index contributed by atoms with van der Waals surface area (Å²) in [4.78, 5) is 24.6. The first-order valence-electron chi connectivity index (χ1n) is 8.33. The molecule has 3 aromatic rings. The molecule has 1 amide bonds. The second-order valence-electron chi connectivity index (χ2n) is 5.76. The molecule has 4 nitrogen and oxygen atoms in total. The molecule has 0 fully saturated rings. The lowest BCUT2D eigenvalue weighted by Gasteiger charge is -2.05. The molecule has 5 heteroatoms. The number of nitrogens with one attached hydrogen (secondary N) is 1. The van der Waals surface area contributed by atoms with Crippen LogP contribution in [0.25, 0.3) is 10.8 Å². The van der Waals surface area contributed by atoms with E-state index in [1.165, 1.54) is 0 Å². The molecule has 0 aliphatic carbocycles. The quantitative estimate of drug-likeness (QED) is 0.317. The number of carbonyl (C=O) groups is 2. The van der Waals surface area contributed by atoms with Crippen LogP contribution in [-0.4, -0.2) is 18.4 Å². The molecule has 0 aliphatic heterocycles. The predicted octanol–water partition coefficient (Wildman–Crippen LogP) is 3.61. The fourth-order valence-corrected chi connectivity index (χ4v) is 2.78.